The van der Waals surface area contributed by atoms with Crippen molar-refractivity contribution >= 4 is 38.2 Å². The van der Waals surface area contributed by atoms with E-state index in [1.807, 2.05) is 38.1 Å². The molecule has 1 heterocycles. The van der Waals surface area contributed by atoms with Crippen LogP contribution in [0.15, 0.2) is 28.7 Å². The lowest BCUT2D eigenvalue weighted by Gasteiger charge is -2.04. The smallest absolute Gasteiger partial charge is 0.254 e. The quantitative estimate of drug-likeness (QED) is 0.893. The van der Waals surface area contributed by atoms with Crippen molar-refractivity contribution < 1.29 is 4.79 Å². The first-order valence-electron chi connectivity index (χ1n) is 5.97. The summed E-state index contributed by atoms with van der Waals surface area (Å²) in [6, 6.07) is 8.00. The molecule has 2 aromatic rings. The fourth-order valence-corrected chi connectivity index (χ4v) is 3.28. The molecule has 3 N–H and O–H groups in total. The summed E-state index contributed by atoms with van der Waals surface area (Å²) in [4.78, 5) is 13.0. The van der Waals surface area contributed by atoms with E-state index >= 15 is 0 Å². The van der Waals surface area contributed by atoms with Gasteiger partial charge in [0.15, 0.2) is 0 Å². The lowest BCUT2D eigenvalue weighted by atomic mass is 10.1. The molecule has 0 spiro atoms. The minimum absolute atomic E-state index is 0.0999. The Labute approximate surface area is 125 Å². The van der Waals surface area contributed by atoms with Gasteiger partial charge in [-0.1, -0.05) is 28.1 Å². The minimum Gasteiger partial charge on any atom is -0.390 e. The largest absolute Gasteiger partial charge is 0.390 e. The van der Waals surface area contributed by atoms with Crippen molar-refractivity contribution in [2.24, 2.45) is 0 Å². The van der Waals surface area contributed by atoms with E-state index in [9.17, 15) is 4.79 Å². The topological polar surface area (TPSA) is 55.1 Å². The number of nitrogen functional groups attached to an aromatic ring is 1. The number of amides is 1. The van der Waals surface area contributed by atoms with Crippen molar-refractivity contribution in [3.63, 3.8) is 0 Å². The first-order chi connectivity index (χ1) is 9.04. The van der Waals surface area contributed by atoms with Crippen LogP contribution in [-0.4, -0.2) is 12.5 Å². The molecule has 0 saturated heterocycles. The molecule has 0 atom stereocenters. The monoisotopic (exact) mass is 338 g/mol. The second kappa shape index (κ2) is 5.75. The fraction of sp³-hybridized carbons (Fsp3) is 0.214. The minimum atomic E-state index is -0.0999. The molecule has 100 valence electrons. The van der Waals surface area contributed by atoms with Crippen LogP contribution in [0, 0.1) is 6.92 Å². The third-order valence-electron chi connectivity index (χ3n) is 2.84. The number of carbonyl (C=O) groups excluding carboxylic acids is 1. The van der Waals surface area contributed by atoms with Gasteiger partial charge >= 0.3 is 0 Å². The maximum atomic E-state index is 12.0. The van der Waals surface area contributed by atoms with Gasteiger partial charge in [0.2, 0.25) is 0 Å². The summed E-state index contributed by atoms with van der Waals surface area (Å²) in [6.07, 6.45) is 0. The molecule has 1 amide bonds. The highest BCUT2D eigenvalue weighted by molar-refractivity contribution is 9.10. The van der Waals surface area contributed by atoms with Gasteiger partial charge in [-0.3, -0.25) is 4.79 Å². The zero-order valence-electron chi connectivity index (χ0n) is 10.8. The van der Waals surface area contributed by atoms with Crippen molar-refractivity contribution in [1.29, 1.82) is 0 Å². The zero-order valence-corrected chi connectivity index (χ0v) is 13.2. The van der Waals surface area contributed by atoms with Gasteiger partial charge in [-0.25, -0.2) is 0 Å². The summed E-state index contributed by atoms with van der Waals surface area (Å²) in [5.74, 6) is -0.0999. The Kier molecular flexibility index (Phi) is 4.27. The third kappa shape index (κ3) is 2.82. The van der Waals surface area contributed by atoms with Gasteiger partial charge in [0.1, 0.15) is 0 Å². The maximum absolute atomic E-state index is 12.0. The second-order valence-electron chi connectivity index (χ2n) is 4.16. The third-order valence-corrected chi connectivity index (χ3v) is 4.54. The van der Waals surface area contributed by atoms with Gasteiger partial charge in [0.25, 0.3) is 5.91 Å². The van der Waals surface area contributed by atoms with Crippen molar-refractivity contribution in [3.05, 3.63) is 39.9 Å². The average Bonchev–Trinajstić information content (AvgIpc) is 2.66. The lowest BCUT2D eigenvalue weighted by Crippen LogP contribution is -2.23. The molecule has 0 aliphatic rings. The molecule has 0 fully saturated rings. The van der Waals surface area contributed by atoms with E-state index < -0.39 is 0 Å². The molecule has 0 bridgehead atoms. The Morgan fingerprint density at radius 3 is 2.58 bits per heavy atom. The highest BCUT2D eigenvalue weighted by atomic mass is 79.9. The van der Waals surface area contributed by atoms with Gasteiger partial charge in [-0.05, 0) is 37.1 Å². The molecule has 0 aliphatic carbocycles. The summed E-state index contributed by atoms with van der Waals surface area (Å²) in [5, 5.41) is 3.37. The number of halogens is 1. The maximum Gasteiger partial charge on any atom is 0.254 e. The summed E-state index contributed by atoms with van der Waals surface area (Å²) >= 11 is 4.87. The Morgan fingerprint density at radius 1 is 1.37 bits per heavy atom. The molecule has 1 aromatic heterocycles. The molecule has 0 aliphatic heterocycles. The first-order valence-corrected chi connectivity index (χ1v) is 7.58. The molecule has 1 aromatic carbocycles. The van der Waals surface area contributed by atoms with Crippen LogP contribution in [0.5, 0.6) is 0 Å². The summed E-state index contributed by atoms with van der Waals surface area (Å²) in [7, 11) is 0. The number of anilines is 1. The van der Waals surface area contributed by atoms with E-state index in [1.54, 1.807) is 0 Å². The van der Waals surface area contributed by atoms with Crippen molar-refractivity contribution in [2.75, 3.05) is 12.3 Å². The summed E-state index contributed by atoms with van der Waals surface area (Å²) in [5.41, 5.74) is 8.61. The molecule has 19 heavy (non-hydrogen) atoms. The normalized spacial score (nSPS) is 10.5. The van der Waals surface area contributed by atoms with E-state index in [-0.39, 0.29) is 5.91 Å². The lowest BCUT2D eigenvalue weighted by molar-refractivity contribution is 0.0956. The number of nitrogens with two attached hydrogens (primary N) is 1. The number of thiophene rings is 1. The number of carbonyl (C=O) groups is 1. The summed E-state index contributed by atoms with van der Waals surface area (Å²) in [6.45, 7) is 4.43. The molecule has 5 heteroatoms. The Morgan fingerprint density at radius 2 is 2.00 bits per heavy atom. The van der Waals surface area contributed by atoms with Crippen LogP contribution in [0.3, 0.4) is 0 Å². The van der Waals surface area contributed by atoms with E-state index in [4.69, 9.17) is 5.73 Å². The highest BCUT2D eigenvalue weighted by Gasteiger charge is 2.19. The molecular weight excluding hydrogens is 324 g/mol. The number of benzene rings is 1. The molecule has 0 saturated carbocycles. The molecule has 0 unspecified atom stereocenters. The van der Waals surface area contributed by atoms with Gasteiger partial charge < -0.3 is 11.1 Å². The van der Waals surface area contributed by atoms with Gasteiger partial charge in [0.05, 0.1) is 10.6 Å². The predicted molar refractivity (Wildman–Crippen MR) is 84.6 cm³/mol. The second-order valence-corrected chi connectivity index (χ2v) is 6.13. The Bertz CT molecular complexity index is 605. The van der Waals surface area contributed by atoms with Crippen LogP contribution < -0.4 is 11.1 Å². The average molecular weight is 339 g/mol. The SMILES string of the molecule is CCNC(=O)c1c(N)sc(-c2ccc(Br)cc2)c1C. The van der Waals surface area contributed by atoms with Crippen LogP contribution in [0.25, 0.3) is 10.4 Å². The summed E-state index contributed by atoms with van der Waals surface area (Å²) < 4.78 is 1.03. The molecular formula is C14H15BrN2OS. The zero-order chi connectivity index (χ0) is 14.0. The van der Waals surface area contributed by atoms with E-state index in [0.29, 0.717) is 17.1 Å². The van der Waals surface area contributed by atoms with E-state index in [2.05, 4.69) is 21.2 Å². The highest BCUT2D eigenvalue weighted by Crippen LogP contribution is 2.38. The van der Waals surface area contributed by atoms with Crippen LogP contribution >= 0.6 is 27.3 Å². The first kappa shape index (κ1) is 14.1. The van der Waals surface area contributed by atoms with Crippen LogP contribution in [0.2, 0.25) is 0 Å². The molecule has 2 rings (SSSR count). The van der Waals surface area contributed by atoms with Gasteiger partial charge in [-0.15, -0.1) is 11.3 Å². The van der Waals surface area contributed by atoms with Crippen LogP contribution in [0.4, 0.5) is 5.00 Å². The standard InChI is InChI=1S/C14H15BrN2OS/c1-3-17-14(18)11-8(2)12(19-13(11)16)9-4-6-10(15)7-5-9/h4-7H,3,16H2,1-2H3,(H,17,18). The number of rotatable bonds is 3. The number of hydrogen-bond acceptors (Lipinski definition) is 3. The van der Waals surface area contributed by atoms with Crippen molar-refractivity contribution in [2.45, 2.75) is 13.8 Å². The van der Waals surface area contributed by atoms with Crippen LogP contribution in [0.1, 0.15) is 22.8 Å². The number of nitrogens with one attached hydrogen (secondary N) is 1. The predicted octanol–water partition coefficient (Wildman–Crippen LogP) is 3.82. The van der Waals surface area contributed by atoms with Gasteiger partial charge in [0, 0.05) is 15.9 Å². The van der Waals surface area contributed by atoms with Gasteiger partial charge in [-0.2, -0.15) is 0 Å². The molecule has 0 radical (unpaired) electrons. The van der Waals surface area contributed by atoms with Crippen molar-refractivity contribution in [1.82, 2.24) is 5.32 Å². The van der Waals surface area contributed by atoms with E-state index in [0.717, 1.165) is 20.5 Å². The Balaban J connectivity index is 2.46. The molecule has 3 nitrogen and oxygen atoms in total. The number of hydrogen-bond donors (Lipinski definition) is 2. The fourth-order valence-electron chi connectivity index (χ4n) is 1.94. The van der Waals surface area contributed by atoms with Crippen molar-refractivity contribution in [3.8, 4) is 10.4 Å². The van der Waals surface area contributed by atoms with Crippen LogP contribution in [-0.2, 0) is 0 Å². The van der Waals surface area contributed by atoms with E-state index in [1.165, 1.54) is 11.3 Å². The Hall–Kier alpha value is -1.33.